The van der Waals surface area contributed by atoms with Gasteiger partial charge in [0.05, 0.1) is 22.8 Å². The van der Waals surface area contributed by atoms with Crippen LogP contribution in [0.3, 0.4) is 0 Å². The van der Waals surface area contributed by atoms with E-state index in [1.54, 1.807) is 30.3 Å². The van der Waals surface area contributed by atoms with Gasteiger partial charge in [-0.25, -0.2) is 5.01 Å². The van der Waals surface area contributed by atoms with Crippen molar-refractivity contribution in [1.82, 2.24) is 4.90 Å². The van der Waals surface area contributed by atoms with E-state index in [9.17, 15) is 27.6 Å². The van der Waals surface area contributed by atoms with E-state index in [1.165, 1.54) is 13.1 Å². The summed E-state index contributed by atoms with van der Waals surface area (Å²) in [5, 5.41) is 7.09. The van der Waals surface area contributed by atoms with Crippen molar-refractivity contribution >= 4 is 46.4 Å². The molecule has 2 aromatic rings. The Hall–Kier alpha value is -3.40. The average molecular weight is 467 g/mol. The quantitative estimate of drug-likeness (QED) is 0.724. The molecule has 0 spiro atoms. The highest BCUT2D eigenvalue weighted by molar-refractivity contribution is 6.40. The zero-order chi connectivity index (χ0) is 23.5. The number of anilines is 2. The molecule has 0 aromatic heterocycles. The molecule has 168 valence electrons. The number of nitrogens with one attached hydrogen (secondary N) is 1. The molecule has 1 aliphatic heterocycles. The summed E-state index contributed by atoms with van der Waals surface area (Å²) in [4.78, 5) is 38.2. The van der Waals surface area contributed by atoms with Gasteiger partial charge in [0.25, 0.3) is 5.91 Å². The van der Waals surface area contributed by atoms with Gasteiger partial charge in [-0.15, -0.1) is 0 Å². The highest BCUT2D eigenvalue weighted by Gasteiger charge is 2.33. The molecule has 7 nitrogen and oxygen atoms in total. The largest absolute Gasteiger partial charge is 0.417 e. The van der Waals surface area contributed by atoms with Gasteiger partial charge in [0.1, 0.15) is 5.71 Å². The van der Waals surface area contributed by atoms with Gasteiger partial charge in [-0.3, -0.25) is 14.4 Å². The number of carbonyl (C=O) groups is 3. The molecule has 1 heterocycles. The van der Waals surface area contributed by atoms with Crippen molar-refractivity contribution in [2.75, 3.05) is 23.9 Å². The Morgan fingerprint density at radius 1 is 1.16 bits per heavy atom. The SMILES string of the molecule is CN(CC(=O)Nc1ccc(Cl)c(C(F)(F)F)c1)C(=O)C1=NN(c2ccccc2)C(=O)CC1. The first-order valence-electron chi connectivity index (χ1n) is 9.44. The van der Waals surface area contributed by atoms with Crippen molar-refractivity contribution in [2.24, 2.45) is 5.10 Å². The molecule has 0 fully saturated rings. The lowest BCUT2D eigenvalue weighted by Gasteiger charge is -2.25. The van der Waals surface area contributed by atoms with Crippen LogP contribution >= 0.6 is 11.6 Å². The van der Waals surface area contributed by atoms with Crippen molar-refractivity contribution in [3.63, 3.8) is 0 Å². The summed E-state index contributed by atoms with van der Waals surface area (Å²) in [6.07, 6.45) is -4.49. The molecule has 1 aliphatic rings. The topological polar surface area (TPSA) is 82.1 Å². The minimum absolute atomic E-state index is 0.0739. The van der Waals surface area contributed by atoms with E-state index < -0.39 is 35.1 Å². The molecule has 32 heavy (non-hydrogen) atoms. The number of carbonyl (C=O) groups excluding carboxylic acids is 3. The molecule has 0 radical (unpaired) electrons. The maximum Gasteiger partial charge on any atom is 0.417 e. The molecule has 3 rings (SSSR count). The van der Waals surface area contributed by atoms with E-state index >= 15 is 0 Å². The van der Waals surface area contributed by atoms with Gasteiger partial charge < -0.3 is 10.2 Å². The van der Waals surface area contributed by atoms with Gasteiger partial charge in [-0.1, -0.05) is 29.8 Å². The van der Waals surface area contributed by atoms with E-state index in [0.717, 1.165) is 22.0 Å². The second-order valence-corrected chi connectivity index (χ2v) is 7.40. The molecule has 0 atom stereocenters. The van der Waals surface area contributed by atoms with Gasteiger partial charge >= 0.3 is 6.18 Å². The minimum Gasteiger partial charge on any atom is -0.331 e. The second-order valence-electron chi connectivity index (χ2n) is 6.99. The van der Waals surface area contributed by atoms with Gasteiger partial charge in [0.15, 0.2) is 0 Å². The summed E-state index contributed by atoms with van der Waals surface area (Å²) in [6, 6.07) is 11.6. The van der Waals surface area contributed by atoms with E-state index in [1.807, 2.05) is 0 Å². The second kappa shape index (κ2) is 9.39. The number of hydrazone groups is 1. The monoisotopic (exact) mass is 466 g/mol. The lowest BCUT2D eigenvalue weighted by molar-refractivity contribution is -0.137. The lowest BCUT2D eigenvalue weighted by atomic mass is 10.1. The summed E-state index contributed by atoms with van der Waals surface area (Å²) >= 11 is 5.57. The number of likely N-dealkylation sites (N-methyl/N-ethyl adjacent to an activating group) is 1. The van der Waals surface area contributed by atoms with Crippen molar-refractivity contribution in [2.45, 2.75) is 19.0 Å². The zero-order valence-corrected chi connectivity index (χ0v) is 17.6. The van der Waals surface area contributed by atoms with Crippen LogP contribution in [0.25, 0.3) is 0 Å². The van der Waals surface area contributed by atoms with Crippen molar-refractivity contribution in [3.8, 4) is 0 Å². The fourth-order valence-corrected chi connectivity index (χ4v) is 3.23. The Morgan fingerprint density at radius 3 is 2.50 bits per heavy atom. The number of amides is 3. The fraction of sp³-hybridized carbons (Fsp3) is 0.238. The first-order valence-corrected chi connectivity index (χ1v) is 9.81. The standard InChI is InChI=1S/C21H18ClF3N4O3/c1-28(12-18(30)26-13-7-8-16(22)15(11-13)21(23,24)25)20(32)17-9-10-19(31)29(27-17)14-5-3-2-4-6-14/h2-8,11H,9-10,12H2,1H3,(H,26,30). The zero-order valence-electron chi connectivity index (χ0n) is 16.8. The lowest BCUT2D eigenvalue weighted by Crippen LogP contribution is -2.42. The number of hydrogen-bond acceptors (Lipinski definition) is 4. The van der Waals surface area contributed by atoms with Crippen LogP contribution in [0.4, 0.5) is 24.5 Å². The molecule has 0 bridgehead atoms. The molecule has 2 aromatic carbocycles. The Bertz CT molecular complexity index is 1070. The maximum atomic E-state index is 13.0. The normalized spacial score (nSPS) is 14.1. The van der Waals surface area contributed by atoms with Crippen LogP contribution in [0, 0.1) is 0 Å². The molecule has 0 aliphatic carbocycles. The van der Waals surface area contributed by atoms with Crippen LogP contribution in [0.5, 0.6) is 0 Å². The number of halogens is 4. The van der Waals surface area contributed by atoms with Crippen LogP contribution in [0.2, 0.25) is 5.02 Å². The van der Waals surface area contributed by atoms with E-state index in [2.05, 4.69) is 10.4 Å². The Balaban J connectivity index is 1.68. The Kier molecular flexibility index (Phi) is 6.83. The summed E-state index contributed by atoms with van der Waals surface area (Å²) in [7, 11) is 1.36. The average Bonchev–Trinajstić information content (AvgIpc) is 2.74. The number of alkyl halides is 3. The Labute approximate surface area is 186 Å². The highest BCUT2D eigenvalue weighted by Crippen LogP contribution is 2.36. The molecule has 3 amide bonds. The maximum absolute atomic E-state index is 13.0. The molecular weight excluding hydrogens is 449 g/mol. The molecule has 11 heteroatoms. The van der Waals surface area contributed by atoms with Gasteiger partial charge in [0.2, 0.25) is 11.8 Å². The summed E-state index contributed by atoms with van der Waals surface area (Å²) in [5.74, 6) is -1.54. The molecule has 0 saturated heterocycles. The molecular formula is C21H18ClF3N4O3. The Morgan fingerprint density at radius 2 is 1.84 bits per heavy atom. The third-order valence-electron chi connectivity index (χ3n) is 4.56. The van der Waals surface area contributed by atoms with Crippen molar-refractivity contribution in [3.05, 3.63) is 59.1 Å². The number of benzene rings is 2. The predicted molar refractivity (Wildman–Crippen MR) is 113 cm³/mol. The highest BCUT2D eigenvalue weighted by atomic mass is 35.5. The van der Waals surface area contributed by atoms with Crippen molar-refractivity contribution in [1.29, 1.82) is 0 Å². The van der Waals surface area contributed by atoms with Crippen LogP contribution in [0.1, 0.15) is 18.4 Å². The summed E-state index contributed by atoms with van der Waals surface area (Å²) in [5.41, 5.74) is -0.590. The van der Waals surface area contributed by atoms with Crippen LogP contribution in [0.15, 0.2) is 53.6 Å². The van der Waals surface area contributed by atoms with Gasteiger partial charge in [0, 0.05) is 25.6 Å². The number of para-hydroxylation sites is 1. The summed E-state index contributed by atoms with van der Waals surface area (Å²) < 4.78 is 38.9. The minimum atomic E-state index is -4.67. The number of hydrogen-bond donors (Lipinski definition) is 1. The smallest absolute Gasteiger partial charge is 0.331 e. The van der Waals surface area contributed by atoms with Gasteiger partial charge in [-0.05, 0) is 30.3 Å². The van der Waals surface area contributed by atoms with Crippen LogP contribution in [-0.2, 0) is 20.6 Å². The van der Waals surface area contributed by atoms with Crippen molar-refractivity contribution < 1.29 is 27.6 Å². The van der Waals surface area contributed by atoms with Crippen LogP contribution < -0.4 is 10.3 Å². The van der Waals surface area contributed by atoms with E-state index in [4.69, 9.17) is 11.6 Å². The third kappa shape index (κ3) is 5.44. The van der Waals surface area contributed by atoms with E-state index in [0.29, 0.717) is 5.69 Å². The third-order valence-corrected chi connectivity index (χ3v) is 4.89. The van der Waals surface area contributed by atoms with Crippen LogP contribution in [-0.4, -0.2) is 41.9 Å². The number of nitrogens with zero attached hydrogens (tertiary/aromatic N) is 3. The molecule has 0 unspecified atom stereocenters. The predicted octanol–water partition coefficient (Wildman–Crippen LogP) is 3.94. The first kappa shape index (κ1) is 23.3. The van der Waals surface area contributed by atoms with E-state index in [-0.39, 0.29) is 30.1 Å². The van der Waals surface area contributed by atoms with Gasteiger partial charge in [-0.2, -0.15) is 18.3 Å². The number of rotatable bonds is 5. The molecule has 1 N–H and O–H groups in total. The fourth-order valence-electron chi connectivity index (χ4n) is 3.01. The first-order chi connectivity index (χ1) is 15.1. The summed E-state index contributed by atoms with van der Waals surface area (Å²) in [6.45, 7) is -0.429. The molecule has 0 saturated carbocycles.